The van der Waals surface area contributed by atoms with Gasteiger partial charge in [-0.15, -0.1) is 0 Å². The van der Waals surface area contributed by atoms with Crippen molar-refractivity contribution in [3.63, 3.8) is 0 Å². The van der Waals surface area contributed by atoms with E-state index < -0.39 is 0 Å². The van der Waals surface area contributed by atoms with Gasteiger partial charge in [0.25, 0.3) is 0 Å². The highest BCUT2D eigenvalue weighted by atomic mass is 16.5. The Kier molecular flexibility index (Phi) is 7.62. The number of nitrogens with one attached hydrogen (secondary N) is 1. The zero-order chi connectivity index (χ0) is 23.1. The molecule has 0 bridgehead atoms. The molecule has 3 aromatic rings. The van der Waals surface area contributed by atoms with Crippen LogP contribution in [0.2, 0.25) is 0 Å². The van der Waals surface area contributed by atoms with Gasteiger partial charge in [0.15, 0.2) is 5.82 Å². The second kappa shape index (κ2) is 10.6. The number of methoxy groups -OCH3 is 1. The molecule has 8 heteroatoms. The highest BCUT2D eigenvalue weighted by Crippen LogP contribution is 2.31. The zero-order valence-electron chi connectivity index (χ0n) is 19.3. The van der Waals surface area contributed by atoms with E-state index in [-0.39, 0.29) is 0 Å². The van der Waals surface area contributed by atoms with Gasteiger partial charge in [-0.25, -0.2) is 20.8 Å². The molecule has 0 fully saturated rings. The third-order valence-corrected chi connectivity index (χ3v) is 5.01. The summed E-state index contributed by atoms with van der Waals surface area (Å²) < 4.78 is 5.64. The van der Waals surface area contributed by atoms with Crippen molar-refractivity contribution in [2.45, 2.75) is 20.8 Å². The van der Waals surface area contributed by atoms with Crippen molar-refractivity contribution in [1.82, 2.24) is 20.0 Å². The molecule has 3 N–H and O–H groups in total. The zero-order valence-corrected chi connectivity index (χ0v) is 19.3. The van der Waals surface area contributed by atoms with Gasteiger partial charge in [-0.05, 0) is 50.1 Å². The summed E-state index contributed by atoms with van der Waals surface area (Å²) in [5.74, 6) is 7.83. The monoisotopic (exact) mass is 433 g/mol. The third-order valence-electron chi connectivity index (χ3n) is 5.01. The minimum atomic E-state index is 0.482. The SMILES string of the molecule is C/C=C\C(=C/N(C)N)c1ccc(Nc2ncc3ccnc(N(CC)CC)c3n2)c(OC)c1. The Morgan fingerprint density at radius 2 is 1.97 bits per heavy atom. The van der Waals surface area contributed by atoms with Crippen LogP contribution in [0, 0.1) is 0 Å². The van der Waals surface area contributed by atoms with Crippen molar-refractivity contribution < 1.29 is 4.74 Å². The second-order valence-electron chi connectivity index (χ2n) is 7.23. The third kappa shape index (κ3) is 5.15. The van der Waals surface area contributed by atoms with Crippen LogP contribution < -0.4 is 20.8 Å². The summed E-state index contributed by atoms with van der Waals surface area (Å²) in [4.78, 5) is 16.0. The molecule has 0 amide bonds. The maximum absolute atomic E-state index is 5.82. The van der Waals surface area contributed by atoms with Gasteiger partial charge in [-0.2, -0.15) is 0 Å². The Hall–Kier alpha value is -3.65. The summed E-state index contributed by atoms with van der Waals surface area (Å²) in [6, 6.07) is 7.83. The fourth-order valence-electron chi connectivity index (χ4n) is 3.46. The van der Waals surface area contributed by atoms with Crippen LogP contribution in [0.5, 0.6) is 5.75 Å². The molecule has 2 heterocycles. The van der Waals surface area contributed by atoms with Crippen LogP contribution in [-0.4, -0.2) is 47.2 Å². The first-order valence-corrected chi connectivity index (χ1v) is 10.6. The number of aromatic nitrogens is 3. The van der Waals surface area contributed by atoms with E-state index in [1.54, 1.807) is 20.4 Å². The maximum atomic E-state index is 5.82. The molecule has 0 saturated heterocycles. The lowest BCUT2D eigenvalue weighted by molar-refractivity contribution is 0.416. The summed E-state index contributed by atoms with van der Waals surface area (Å²) in [7, 11) is 3.43. The van der Waals surface area contributed by atoms with Gasteiger partial charge in [-0.3, -0.25) is 0 Å². The average Bonchev–Trinajstić information content (AvgIpc) is 2.80. The Balaban J connectivity index is 1.98. The smallest absolute Gasteiger partial charge is 0.227 e. The van der Waals surface area contributed by atoms with Crippen LogP contribution in [0.15, 0.2) is 55.0 Å². The molecular formula is C24H31N7O. The largest absolute Gasteiger partial charge is 0.495 e. The van der Waals surface area contributed by atoms with E-state index in [1.165, 1.54) is 5.01 Å². The van der Waals surface area contributed by atoms with Crippen molar-refractivity contribution in [1.29, 1.82) is 0 Å². The molecule has 0 atom stereocenters. The van der Waals surface area contributed by atoms with E-state index in [1.807, 2.05) is 55.7 Å². The molecule has 0 unspecified atom stereocenters. The number of pyridine rings is 1. The van der Waals surface area contributed by atoms with E-state index in [2.05, 4.69) is 34.0 Å². The first kappa shape index (κ1) is 23.0. The van der Waals surface area contributed by atoms with E-state index >= 15 is 0 Å². The van der Waals surface area contributed by atoms with Crippen LogP contribution >= 0.6 is 0 Å². The number of benzene rings is 1. The molecule has 1 aromatic carbocycles. The van der Waals surface area contributed by atoms with Gasteiger partial charge < -0.3 is 20.0 Å². The minimum absolute atomic E-state index is 0.482. The lowest BCUT2D eigenvalue weighted by Gasteiger charge is -2.21. The number of ether oxygens (including phenoxy) is 1. The van der Waals surface area contributed by atoms with Crippen molar-refractivity contribution in [2.75, 3.05) is 37.5 Å². The second-order valence-corrected chi connectivity index (χ2v) is 7.23. The highest BCUT2D eigenvalue weighted by Gasteiger charge is 2.13. The van der Waals surface area contributed by atoms with Gasteiger partial charge in [0, 0.05) is 44.1 Å². The molecular weight excluding hydrogens is 402 g/mol. The number of hydrazine groups is 1. The first-order chi connectivity index (χ1) is 15.5. The Morgan fingerprint density at radius 3 is 2.62 bits per heavy atom. The van der Waals surface area contributed by atoms with Gasteiger partial charge in [0.2, 0.25) is 5.95 Å². The van der Waals surface area contributed by atoms with Gasteiger partial charge in [0.1, 0.15) is 11.3 Å². The number of allylic oxidation sites excluding steroid dienone is 3. The molecule has 0 aliphatic heterocycles. The maximum Gasteiger partial charge on any atom is 0.227 e. The first-order valence-electron chi connectivity index (χ1n) is 10.6. The van der Waals surface area contributed by atoms with Crippen molar-refractivity contribution in [2.24, 2.45) is 5.84 Å². The average molecular weight is 434 g/mol. The molecule has 3 rings (SSSR count). The number of rotatable bonds is 9. The van der Waals surface area contributed by atoms with Crippen LogP contribution in [0.3, 0.4) is 0 Å². The Bertz CT molecular complexity index is 1120. The predicted octanol–water partition coefficient (Wildman–Crippen LogP) is 4.35. The number of nitrogens with zero attached hydrogens (tertiary/aromatic N) is 5. The molecule has 0 aliphatic rings. The van der Waals surface area contributed by atoms with Crippen LogP contribution in [0.25, 0.3) is 16.5 Å². The topological polar surface area (TPSA) is 92.4 Å². The summed E-state index contributed by atoms with van der Waals surface area (Å²) in [6.45, 7) is 7.89. The summed E-state index contributed by atoms with van der Waals surface area (Å²) in [5.41, 5.74) is 3.54. The minimum Gasteiger partial charge on any atom is -0.495 e. The van der Waals surface area contributed by atoms with Crippen LogP contribution in [-0.2, 0) is 0 Å². The number of hydrogen-bond donors (Lipinski definition) is 2. The number of fused-ring (bicyclic) bond motifs is 1. The molecule has 0 saturated carbocycles. The lowest BCUT2D eigenvalue weighted by atomic mass is 10.1. The Morgan fingerprint density at radius 1 is 1.19 bits per heavy atom. The van der Waals surface area contributed by atoms with Crippen LogP contribution in [0.4, 0.5) is 17.5 Å². The summed E-state index contributed by atoms with van der Waals surface area (Å²) in [5, 5.41) is 5.76. The van der Waals surface area contributed by atoms with Crippen molar-refractivity contribution in [3.05, 3.63) is 60.6 Å². The van der Waals surface area contributed by atoms with Gasteiger partial charge in [0.05, 0.1) is 12.8 Å². The lowest BCUT2D eigenvalue weighted by Crippen LogP contribution is -2.23. The van der Waals surface area contributed by atoms with Gasteiger partial charge >= 0.3 is 0 Å². The van der Waals surface area contributed by atoms with E-state index in [9.17, 15) is 0 Å². The molecule has 32 heavy (non-hydrogen) atoms. The normalized spacial score (nSPS) is 11.8. The number of nitrogens with two attached hydrogens (primary N) is 1. The molecule has 8 nitrogen and oxygen atoms in total. The molecule has 0 aliphatic carbocycles. The number of hydrogen-bond acceptors (Lipinski definition) is 8. The van der Waals surface area contributed by atoms with Crippen LogP contribution in [0.1, 0.15) is 26.3 Å². The molecule has 2 aromatic heterocycles. The fourth-order valence-corrected chi connectivity index (χ4v) is 3.46. The van der Waals surface area contributed by atoms with E-state index in [0.29, 0.717) is 11.7 Å². The standard InChI is InChI=1S/C24H31N7O/c1-6-9-19(16-30(4)25)17-10-11-20(21(14-17)32-5)28-24-27-15-18-12-13-26-23(22(18)29-24)31(7-2)8-3/h6,9-16H,7-8,25H2,1-5H3,(H,27,28,29)/b9-6-,19-16+. The van der Waals surface area contributed by atoms with Gasteiger partial charge in [-0.1, -0.05) is 18.2 Å². The summed E-state index contributed by atoms with van der Waals surface area (Å²) in [6.07, 6.45) is 9.43. The predicted molar refractivity (Wildman–Crippen MR) is 132 cm³/mol. The quantitative estimate of drug-likeness (QED) is 0.292. The summed E-state index contributed by atoms with van der Waals surface area (Å²) >= 11 is 0. The van der Waals surface area contributed by atoms with Crippen molar-refractivity contribution >= 4 is 33.9 Å². The highest BCUT2D eigenvalue weighted by molar-refractivity contribution is 5.89. The Labute approximate surface area is 189 Å². The fraction of sp³-hybridized carbons (Fsp3) is 0.292. The van der Waals surface area contributed by atoms with Crippen molar-refractivity contribution in [3.8, 4) is 5.75 Å². The molecule has 0 spiro atoms. The molecule has 168 valence electrons. The van der Waals surface area contributed by atoms with E-state index in [0.717, 1.165) is 46.6 Å². The molecule has 0 radical (unpaired) electrons. The number of anilines is 3. The van der Waals surface area contributed by atoms with E-state index in [4.69, 9.17) is 15.6 Å².